The Kier molecular flexibility index (Phi) is 4.93. The highest BCUT2D eigenvalue weighted by Crippen LogP contribution is 2.24. The number of fused-ring (bicyclic) bond motifs is 1. The minimum absolute atomic E-state index is 0.149. The van der Waals surface area contributed by atoms with Crippen molar-refractivity contribution in [3.05, 3.63) is 29.0 Å². The number of amides is 1. The minimum atomic E-state index is -0.451. The first kappa shape index (κ1) is 15.5. The summed E-state index contributed by atoms with van der Waals surface area (Å²) in [6.07, 6.45) is -0.288. The topological polar surface area (TPSA) is 73.6 Å². The summed E-state index contributed by atoms with van der Waals surface area (Å²) in [4.78, 5) is 12.0. The first-order valence-corrected chi connectivity index (χ1v) is 6.73. The summed E-state index contributed by atoms with van der Waals surface area (Å²) in [6, 6.07) is 3.97. The smallest absolute Gasteiger partial charge is 0.226 e. The van der Waals surface area contributed by atoms with Crippen LogP contribution in [0, 0.1) is 13.8 Å². The van der Waals surface area contributed by atoms with Crippen LogP contribution in [0.5, 0.6) is 0 Å². The molecule has 0 aliphatic carbocycles. The number of aryl methyl sites for hydroxylation is 2. The number of hydrogen-bond donors (Lipinski definition) is 1. The van der Waals surface area contributed by atoms with Gasteiger partial charge < -0.3 is 19.3 Å². The molecule has 6 heteroatoms. The van der Waals surface area contributed by atoms with E-state index in [9.17, 15) is 4.79 Å². The van der Waals surface area contributed by atoms with E-state index in [-0.39, 0.29) is 12.3 Å². The molecule has 1 aromatic carbocycles. The Morgan fingerprint density at radius 2 is 2.05 bits per heavy atom. The summed E-state index contributed by atoms with van der Waals surface area (Å²) < 4.78 is 15.3. The monoisotopic (exact) mass is 292 g/mol. The van der Waals surface area contributed by atoms with Crippen LogP contribution in [-0.2, 0) is 20.7 Å². The summed E-state index contributed by atoms with van der Waals surface area (Å²) in [5.41, 5.74) is 3.52. The highest BCUT2D eigenvalue weighted by Gasteiger charge is 2.15. The average molecular weight is 292 g/mol. The third-order valence-electron chi connectivity index (χ3n) is 3.31. The second kappa shape index (κ2) is 6.69. The van der Waals surface area contributed by atoms with Gasteiger partial charge in [-0.3, -0.25) is 4.79 Å². The van der Waals surface area contributed by atoms with Gasteiger partial charge in [0.05, 0.1) is 13.0 Å². The molecule has 0 atom stereocenters. The minimum Gasteiger partial charge on any atom is -0.356 e. The molecule has 2 aromatic rings. The molecule has 0 saturated heterocycles. The van der Waals surface area contributed by atoms with Crippen molar-refractivity contribution in [2.75, 3.05) is 20.8 Å². The van der Waals surface area contributed by atoms with Crippen molar-refractivity contribution in [3.8, 4) is 0 Å². The fourth-order valence-corrected chi connectivity index (χ4v) is 2.32. The van der Waals surface area contributed by atoms with E-state index in [0.717, 1.165) is 16.5 Å². The summed E-state index contributed by atoms with van der Waals surface area (Å²) in [7, 11) is 3.05. The summed E-state index contributed by atoms with van der Waals surface area (Å²) in [6.45, 7) is 4.27. The number of methoxy groups -OCH3 is 2. The molecule has 0 spiro atoms. The third kappa shape index (κ3) is 3.59. The van der Waals surface area contributed by atoms with Gasteiger partial charge >= 0.3 is 0 Å². The molecule has 114 valence electrons. The van der Waals surface area contributed by atoms with Gasteiger partial charge in [-0.1, -0.05) is 11.2 Å². The second-order valence-corrected chi connectivity index (χ2v) is 4.97. The van der Waals surface area contributed by atoms with Crippen molar-refractivity contribution in [3.63, 3.8) is 0 Å². The van der Waals surface area contributed by atoms with Crippen molar-refractivity contribution < 1.29 is 18.8 Å². The van der Waals surface area contributed by atoms with Gasteiger partial charge in [0.2, 0.25) is 5.91 Å². The van der Waals surface area contributed by atoms with Crippen LogP contribution < -0.4 is 5.32 Å². The van der Waals surface area contributed by atoms with Gasteiger partial charge in [-0.25, -0.2) is 0 Å². The Morgan fingerprint density at radius 3 is 2.71 bits per heavy atom. The van der Waals surface area contributed by atoms with Crippen LogP contribution in [0.3, 0.4) is 0 Å². The zero-order chi connectivity index (χ0) is 15.4. The molecule has 0 unspecified atom stereocenters. The maximum atomic E-state index is 12.0. The molecule has 2 rings (SSSR count). The predicted molar refractivity (Wildman–Crippen MR) is 78.0 cm³/mol. The number of ether oxygens (including phenoxy) is 2. The largest absolute Gasteiger partial charge is 0.356 e. The number of nitrogens with zero attached hydrogens (tertiary/aromatic N) is 1. The van der Waals surface area contributed by atoms with Crippen LogP contribution in [0.2, 0.25) is 0 Å². The second-order valence-electron chi connectivity index (χ2n) is 4.97. The van der Waals surface area contributed by atoms with Gasteiger partial charge in [0.1, 0.15) is 5.69 Å². The lowest BCUT2D eigenvalue weighted by molar-refractivity contribution is -0.126. The maximum Gasteiger partial charge on any atom is 0.226 e. The number of benzene rings is 1. The lowest BCUT2D eigenvalue weighted by atomic mass is 10.0. The van der Waals surface area contributed by atoms with E-state index in [1.54, 1.807) is 0 Å². The fourth-order valence-electron chi connectivity index (χ4n) is 2.32. The molecule has 1 heterocycles. The van der Waals surface area contributed by atoms with Crippen LogP contribution in [0.25, 0.3) is 11.0 Å². The SMILES string of the molecule is COC(CNC(=O)Cc1noc2cc(C)cc(C)c12)OC. The number of carbonyl (C=O) groups excluding carboxylic acids is 1. The first-order chi connectivity index (χ1) is 10.0. The van der Waals surface area contributed by atoms with E-state index in [0.29, 0.717) is 17.8 Å². The normalized spacial score (nSPS) is 11.3. The summed E-state index contributed by atoms with van der Waals surface area (Å²) in [5, 5.41) is 7.66. The van der Waals surface area contributed by atoms with E-state index >= 15 is 0 Å². The van der Waals surface area contributed by atoms with Gasteiger partial charge in [-0.15, -0.1) is 0 Å². The van der Waals surface area contributed by atoms with Gasteiger partial charge in [-0.05, 0) is 31.0 Å². The highest BCUT2D eigenvalue weighted by atomic mass is 16.7. The van der Waals surface area contributed by atoms with Crippen LogP contribution in [-0.4, -0.2) is 38.1 Å². The van der Waals surface area contributed by atoms with Gasteiger partial charge in [0.25, 0.3) is 0 Å². The number of nitrogens with one attached hydrogen (secondary N) is 1. The zero-order valence-corrected chi connectivity index (χ0v) is 12.7. The average Bonchev–Trinajstić information content (AvgIpc) is 2.83. The maximum absolute atomic E-state index is 12.0. The fraction of sp³-hybridized carbons (Fsp3) is 0.467. The van der Waals surface area contributed by atoms with Gasteiger partial charge in [0, 0.05) is 19.6 Å². The van der Waals surface area contributed by atoms with Gasteiger partial charge in [0.15, 0.2) is 11.9 Å². The quantitative estimate of drug-likeness (QED) is 0.821. The molecule has 0 fully saturated rings. The number of carbonyl (C=O) groups is 1. The van der Waals surface area contributed by atoms with Crippen LogP contribution in [0.1, 0.15) is 16.8 Å². The van der Waals surface area contributed by atoms with Gasteiger partial charge in [-0.2, -0.15) is 0 Å². The Bertz CT molecular complexity index is 632. The van der Waals surface area contributed by atoms with Crippen LogP contribution in [0.15, 0.2) is 16.7 Å². The molecule has 0 aliphatic rings. The molecular weight excluding hydrogens is 272 g/mol. The number of rotatable bonds is 6. The molecule has 1 aromatic heterocycles. The van der Waals surface area contributed by atoms with E-state index in [2.05, 4.69) is 10.5 Å². The van der Waals surface area contributed by atoms with Crippen molar-refractivity contribution in [1.29, 1.82) is 0 Å². The standard InChI is InChI=1S/C15H20N2O4/c1-9-5-10(2)15-11(17-21-12(15)6-9)7-13(18)16-8-14(19-3)20-4/h5-6,14H,7-8H2,1-4H3,(H,16,18). The van der Waals surface area contributed by atoms with E-state index in [1.165, 1.54) is 14.2 Å². The van der Waals surface area contributed by atoms with E-state index in [1.807, 2.05) is 26.0 Å². The number of aromatic nitrogens is 1. The Labute approximate surface area is 123 Å². The molecule has 0 saturated carbocycles. The third-order valence-corrected chi connectivity index (χ3v) is 3.31. The highest BCUT2D eigenvalue weighted by molar-refractivity contribution is 5.88. The molecule has 0 radical (unpaired) electrons. The Hall–Kier alpha value is -1.92. The zero-order valence-electron chi connectivity index (χ0n) is 12.7. The Balaban J connectivity index is 2.08. The van der Waals surface area contributed by atoms with Crippen molar-refractivity contribution >= 4 is 16.9 Å². The van der Waals surface area contributed by atoms with Crippen molar-refractivity contribution in [2.24, 2.45) is 0 Å². The number of hydrogen-bond acceptors (Lipinski definition) is 5. The van der Waals surface area contributed by atoms with Crippen molar-refractivity contribution in [2.45, 2.75) is 26.6 Å². The molecule has 1 amide bonds. The molecule has 0 aliphatic heterocycles. The molecular formula is C15H20N2O4. The molecule has 6 nitrogen and oxygen atoms in total. The lowest BCUT2D eigenvalue weighted by Gasteiger charge is -2.13. The van der Waals surface area contributed by atoms with Crippen LogP contribution in [0.4, 0.5) is 0 Å². The predicted octanol–water partition coefficient (Wildman–Crippen LogP) is 1.72. The van der Waals surface area contributed by atoms with Crippen LogP contribution >= 0.6 is 0 Å². The first-order valence-electron chi connectivity index (χ1n) is 6.73. The summed E-state index contributed by atoms with van der Waals surface area (Å²) >= 11 is 0. The van der Waals surface area contributed by atoms with Crippen molar-refractivity contribution in [1.82, 2.24) is 10.5 Å². The Morgan fingerprint density at radius 1 is 1.33 bits per heavy atom. The molecule has 0 bridgehead atoms. The molecule has 21 heavy (non-hydrogen) atoms. The van der Waals surface area contributed by atoms with E-state index < -0.39 is 6.29 Å². The lowest BCUT2D eigenvalue weighted by Crippen LogP contribution is -2.35. The molecule has 1 N–H and O–H groups in total. The summed E-state index contributed by atoms with van der Waals surface area (Å²) in [5.74, 6) is -0.149. The van der Waals surface area contributed by atoms with E-state index in [4.69, 9.17) is 14.0 Å².